The van der Waals surface area contributed by atoms with Gasteiger partial charge in [0.1, 0.15) is 10.7 Å². The second-order valence-corrected chi connectivity index (χ2v) is 5.99. The average Bonchev–Trinajstić information content (AvgIpc) is 2.21. The topological polar surface area (TPSA) is 72.2 Å². The Morgan fingerprint density at radius 3 is 2.41 bits per heavy atom. The first-order valence-corrected chi connectivity index (χ1v) is 6.80. The fourth-order valence-corrected chi connectivity index (χ4v) is 2.73. The summed E-state index contributed by atoms with van der Waals surface area (Å²) < 4.78 is 39.6. The number of nitrogens with two attached hydrogens (primary N) is 1. The fraction of sp³-hybridized carbons (Fsp3) is 0.455. The van der Waals surface area contributed by atoms with Gasteiger partial charge in [-0.3, -0.25) is 0 Å². The monoisotopic (exact) mass is 260 g/mol. The largest absolute Gasteiger partial charge is 0.395 e. The van der Waals surface area contributed by atoms with E-state index in [0.29, 0.717) is 0 Å². The van der Waals surface area contributed by atoms with Gasteiger partial charge in [0.2, 0.25) is 10.0 Å². The van der Waals surface area contributed by atoms with Crippen LogP contribution in [0.15, 0.2) is 23.1 Å². The molecule has 1 aromatic carbocycles. The average molecular weight is 260 g/mol. The number of para-hydroxylation sites is 1. The second-order valence-electron chi connectivity index (χ2n) is 4.31. The smallest absolute Gasteiger partial charge is 0.242 e. The molecule has 1 atom stereocenters. The van der Waals surface area contributed by atoms with Crippen LogP contribution in [0.5, 0.6) is 0 Å². The molecular weight excluding hydrogens is 243 g/mol. The zero-order chi connectivity index (χ0) is 13.2. The SMILES string of the molecule is CC(C)C(C)NS(=O)(=O)c1cccc(F)c1N. The maximum Gasteiger partial charge on any atom is 0.242 e. The third kappa shape index (κ3) is 3.17. The number of nitrogens with one attached hydrogen (secondary N) is 1. The molecule has 0 amide bonds. The molecule has 0 radical (unpaired) electrons. The van der Waals surface area contributed by atoms with E-state index in [4.69, 9.17) is 5.73 Å². The summed E-state index contributed by atoms with van der Waals surface area (Å²) in [6.45, 7) is 5.53. The molecule has 0 aliphatic heterocycles. The molecule has 1 aromatic rings. The Morgan fingerprint density at radius 2 is 1.88 bits per heavy atom. The highest BCUT2D eigenvalue weighted by atomic mass is 32.2. The molecule has 0 saturated carbocycles. The number of hydrogen-bond acceptors (Lipinski definition) is 3. The molecule has 0 aliphatic carbocycles. The highest BCUT2D eigenvalue weighted by Gasteiger charge is 2.22. The van der Waals surface area contributed by atoms with Gasteiger partial charge in [-0.05, 0) is 25.0 Å². The Hall–Kier alpha value is -1.14. The summed E-state index contributed by atoms with van der Waals surface area (Å²) in [5, 5.41) is 0. The first-order chi connectivity index (χ1) is 7.75. The maximum absolute atomic E-state index is 13.2. The number of benzene rings is 1. The Kier molecular flexibility index (Phi) is 4.11. The van der Waals surface area contributed by atoms with Gasteiger partial charge in [-0.1, -0.05) is 19.9 Å². The van der Waals surface area contributed by atoms with Crippen molar-refractivity contribution in [1.29, 1.82) is 0 Å². The first-order valence-electron chi connectivity index (χ1n) is 5.32. The molecule has 0 bridgehead atoms. The van der Waals surface area contributed by atoms with Gasteiger partial charge in [-0.15, -0.1) is 0 Å². The number of nitrogen functional groups attached to an aromatic ring is 1. The van der Waals surface area contributed by atoms with Crippen LogP contribution in [0.1, 0.15) is 20.8 Å². The van der Waals surface area contributed by atoms with Crippen molar-refractivity contribution in [1.82, 2.24) is 4.72 Å². The lowest BCUT2D eigenvalue weighted by Gasteiger charge is -2.18. The zero-order valence-electron chi connectivity index (χ0n) is 10.1. The Labute approximate surface area is 101 Å². The van der Waals surface area contributed by atoms with Crippen LogP contribution in [0.25, 0.3) is 0 Å². The molecule has 0 saturated heterocycles. The standard InChI is InChI=1S/C11H17FN2O2S/c1-7(2)8(3)14-17(15,16)10-6-4-5-9(12)11(10)13/h4-8,14H,13H2,1-3H3. The molecule has 0 spiro atoms. The normalized spacial score (nSPS) is 13.9. The van der Waals surface area contributed by atoms with E-state index in [1.54, 1.807) is 6.92 Å². The highest BCUT2D eigenvalue weighted by molar-refractivity contribution is 7.89. The van der Waals surface area contributed by atoms with Crippen LogP contribution in [0.4, 0.5) is 10.1 Å². The van der Waals surface area contributed by atoms with Crippen LogP contribution in [0.3, 0.4) is 0 Å². The van der Waals surface area contributed by atoms with Gasteiger partial charge in [0, 0.05) is 6.04 Å². The van der Waals surface area contributed by atoms with Gasteiger partial charge in [0.05, 0.1) is 5.69 Å². The number of hydrogen-bond donors (Lipinski definition) is 2. The molecule has 4 nitrogen and oxygen atoms in total. The van der Waals surface area contributed by atoms with Crippen LogP contribution in [-0.4, -0.2) is 14.5 Å². The minimum Gasteiger partial charge on any atom is -0.395 e. The van der Waals surface area contributed by atoms with Crippen LogP contribution in [0, 0.1) is 11.7 Å². The first kappa shape index (κ1) is 13.9. The Bertz CT molecular complexity index is 500. The van der Waals surface area contributed by atoms with E-state index in [1.165, 1.54) is 12.1 Å². The van der Waals surface area contributed by atoms with Crippen molar-refractivity contribution in [2.45, 2.75) is 31.7 Å². The predicted molar refractivity (Wildman–Crippen MR) is 65.4 cm³/mol. The summed E-state index contributed by atoms with van der Waals surface area (Å²) in [5.74, 6) is -0.593. The predicted octanol–water partition coefficient (Wildman–Crippen LogP) is 1.73. The summed E-state index contributed by atoms with van der Waals surface area (Å²) >= 11 is 0. The number of anilines is 1. The van der Waals surface area contributed by atoms with Gasteiger partial charge >= 0.3 is 0 Å². The van der Waals surface area contributed by atoms with Crippen molar-refractivity contribution in [3.8, 4) is 0 Å². The third-order valence-electron chi connectivity index (χ3n) is 2.64. The van der Waals surface area contributed by atoms with Gasteiger partial charge < -0.3 is 5.73 Å². The zero-order valence-corrected chi connectivity index (χ0v) is 10.9. The summed E-state index contributed by atoms with van der Waals surface area (Å²) in [6, 6.07) is 3.48. The molecule has 0 heterocycles. The minimum atomic E-state index is -3.77. The maximum atomic E-state index is 13.2. The summed E-state index contributed by atoms with van der Waals surface area (Å²) in [7, 11) is -3.77. The molecule has 0 aromatic heterocycles. The van der Waals surface area contributed by atoms with Gasteiger partial charge in [-0.25, -0.2) is 17.5 Å². The molecule has 0 fully saturated rings. The molecule has 17 heavy (non-hydrogen) atoms. The lowest BCUT2D eigenvalue weighted by Crippen LogP contribution is -2.36. The Morgan fingerprint density at radius 1 is 1.29 bits per heavy atom. The number of rotatable bonds is 4. The molecule has 1 unspecified atom stereocenters. The molecule has 3 N–H and O–H groups in total. The van der Waals surface area contributed by atoms with E-state index in [0.717, 1.165) is 6.07 Å². The lowest BCUT2D eigenvalue weighted by atomic mass is 10.1. The second kappa shape index (κ2) is 5.01. The van der Waals surface area contributed by atoms with E-state index >= 15 is 0 Å². The number of sulfonamides is 1. The summed E-state index contributed by atoms with van der Waals surface area (Å²) in [6.07, 6.45) is 0. The van der Waals surface area contributed by atoms with Gasteiger partial charge in [-0.2, -0.15) is 0 Å². The van der Waals surface area contributed by atoms with E-state index in [9.17, 15) is 12.8 Å². The van der Waals surface area contributed by atoms with Gasteiger partial charge in [0.25, 0.3) is 0 Å². The fourth-order valence-electron chi connectivity index (χ4n) is 1.20. The third-order valence-corrected chi connectivity index (χ3v) is 4.26. The van der Waals surface area contributed by atoms with Crippen LogP contribution in [0.2, 0.25) is 0 Å². The summed E-state index contributed by atoms with van der Waals surface area (Å²) in [4.78, 5) is -0.218. The molecule has 0 aliphatic rings. The van der Waals surface area contributed by atoms with E-state index in [1.807, 2.05) is 13.8 Å². The van der Waals surface area contributed by atoms with Crippen molar-refractivity contribution >= 4 is 15.7 Å². The van der Waals surface area contributed by atoms with Crippen molar-refractivity contribution in [2.24, 2.45) is 5.92 Å². The lowest BCUT2D eigenvalue weighted by molar-refractivity contribution is 0.476. The van der Waals surface area contributed by atoms with E-state index < -0.39 is 15.8 Å². The van der Waals surface area contributed by atoms with Crippen molar-refractivity contribution in [3.63, 3.8) is 0 Å². The van der Waals surface area contributed by atoms with Crippen LogP contribution < -0.4 is 10.5 Å². The quantitative estimate of drug-likeness (QED) is 0.810. The minimum absolute atomic E-state index is 0.138. The van der Waals surface area contributed by atoms with Crippen LogP contribution in [-0.2, 0) is 10.0 Å². The van der Waals surface area contributed by atoms with Crippen molar-refractivity contribution in [2.75, 3.05) is 5.73 Å². The molecule has 96 valence electrons. The Balaban J connectivity index is 3.10. The van der Waals surface area contributed by atoms with E-state index in [-0.39, 0.29) is 22.5 Å². The van der Waals surface area contributed by atoms with Crippen molar-refractivity contribution < 1.29 is 12.8 Å². The molecular formula is C11H17FN2O2S. The van der Waals surface area contributed by atoms with Crippen molar-refractivity contribution in [3.05, 3.63) is 24.0 Å². The van der Waals surface area contributed by atoms with Crippen LogP contribution >= 0.6 is 0 Å². The summed E-state index contributed by atoms with van der Waals surface area (Å²) in [5.41, 5.74) is 5.08. The van der Waals surface area contributed by atoms with Gasteiger partial charge in [0.15, 0.2) is 0 Å². The van der Waals surface area contributed by atoms with E-state index in [2.05, 4.69) is 4.72 Å². The molecule has 6 heteroatoms. The highest BCUT2D eigenvalue weighted by Crippen LogP contribution is 2.21. The number of halogens is 1. The molecule has 1 rings (SSSR count).